The van der Waals surface area contributed by atoms with E-state index in [1.54, 1.807) is 0 Å². The Balaban J connectivity index is 0.948. The van der Waals surface area contributed by atoms with Gasteiger partial charge >= 0.3 is 0 Å². The smallest absolute Gasteiger partial charge is 0.0979 e. The highest BCUT2D eigenvalue weighted by atomic mass is 15.0. The molecule has 0 radical (unpaired) electrons. The summed E-state index contributed by atoms with van der Waals surface area (Å²) in [4.78, 5) is 11.0. The van der Waals surface area contributed by atoms with Crippen LogP contribution >= 0.6 is 0 Å². The predicted molar refractivity (Wildman–Crippen MR) is 289 cm³/mol. The van der Waals surface area contributed by atoms with Gasteiger partial charge in [-0.15, -0.1) is 0 Å². The van der Waals surface area contributed by atoms with Crippen molar-refractivity contribution >= 4 is 87.0 Å². The van der Waals surface area contributed by atoms with Gasteiger partial charge < -0.3 is 9.13 Å². The third-order valence-corrected chi connectivity index (χ3v) is 15.2. The molecule has 4 nitrogen and oxygen atoms in total. The summed E-state index contributed by atoms with van der Waals surface area (Å²) in [5.41, 5.74) is 17.8. The SMILES string of the molecule is CC1(C)c2ccccc2-c2c(-c3nc4ccccc4nc3-c3cccc4cc(-n5c6ccccc6c6cc7cccc(-n8c9ccccc9c9cc%10ccccc%10cc98)c7cc65)ccc34)cccc21. The van der Waals surface area contributed by atoms with Crippen molar-refractivity contribution in [2.75, 3.05) is 0 Å². The van der Waals surface area contributed by atoms with Gasteiger partial charge in [-0.05, 0) is 116 Å². The van der Waals surface area contributed by atoms with Gasteiger partial charge in [0.05, 0.1) is 50.2 Å². The molecule has 322 valence electrons. The molecule has 0 N–H and O–H groups in total. The molecule has 0 spiro atoms. The molecule has 4 heteroatoms. The van der Waals surface area contributed by atoms with E-state index in [4.69, 9.17) is 9.97 Å². The van der Waals surface area contributed by atoms with Gasteiger partial charge in [-0.25, -0.2) is 9.97 Å². The van der Waals surface area contributed by atoms with Crippen molar-refractivity contribution in [3.8, 4) is 45.0 Å². The van der Waals surface area contributed by atoms with Crippen LogP contribution in [0.3, 0.4) is 0 Å². The maximum absolute atomic E-state index is 5.49. The Morgan fingerprint density at radius 1 is 0.333 bits per heavy atom. The van der Waals surface area contributed by atoms with Crippen LogP contribution < -0.4 is 0 Å². The first-order valence-corrected chi connectivity index (χ1v) is 23.9. The summed E-state index contributed by atoms with van der Waals surface area (Å²) >= 11 is 0. The van der Waals surface area contributed by atoms with Crippen LogP contribution in [0.1, 0.15) is 25.0 Å². The quantitative estimate of drug-likeness (QED) is 0.177. The molecule has 0 aliphatic heterocycles. The summed E-state index contributed by atoms with van der Waals surface area (Å²) in [5, 5.41) is 12.1. The van der Waals surface area contributed by atoms with Crippen molar-refractivity contribution in [3.05, 3.63) is 230 Å². The number of fused-ring (bicyclic) bond motifs is 13. The Bertz CT molecular complexity index is 4530. The number of aromatic nitrogens is 4. The first-order valence-electron chi connectivity index (χ1n) is 23.9. The number of benzene rings is 11. The average molecular weight is 879 g/mol. The number of hydrogen-bond donors (Lipinski definition) is 0. The molecule has 0 bridgehead atoms. The molecular weight excluding hydrogens is 837 g/mol. The van der Waals surface area contributed by atoms with Crippen LogP contribution in [0, 0.1) is 0 Å². The summed E-state index contributed by atoms with van der Waals surface area (Å²) in [7, 11) is 0. The van der Waals surface area contributed by atoms with Crippen LogP contribution in [0.2, 0.25) is 0 Å². The van der Waals surface area contributed by atoms with Gasteiger partial charge in [0.25, 0.3) is 0 Å². The van der Waals surface area contributed by atoms with Crippen LogP contribution in [0.25, 0.3) is 132 Å². The first-order chi connectivity index (χ1) is 34.0. The lowest BCUT2D eigenvalue weighted by atomic mass is 9.82. The number of hydrogen-bond acceptors (Lipinski definition) is 2. The third kappa shape index (κ3) is 5.40. The molecule has 0 saturated carbocycles. The zero-order valence-corrected chi connectivity index (χ0v) is 38.1. The van der Waals surface area contributed by atoms with Crippen LogP contribution in [-0.4, -0.2) is 19.1 Å². The Hall–Kier alpha value is -8.86. The summed E-state index contributed by atoms with van der Waals surface area (Å²) in [6.45, 7) is 4.67. The highest BCUT2D eigenvalue weighted by Crippen LogP contribution is 2.53. The fourth-order valence-corrected chi connectivity index (χ4v) is 12.1. The topological polar surface area (TPSA) is 35.6 Å². The van der Waals surface area contributed by atoms with Crippen LogP contribution in [-0.2, 0) is 5.41 Å². The molecule has 0 saturated heterocycles. The highest BCUT2D eigenvalue weighted by molar-refractivity contribution is 6.18. The molecular formula is C65H42N4. The summed E-state index contributed by atoms with van der Waals surface area (Å²) in [5.74, 6) is 0. The largest absolute Gasteiger partial charge is 0.309 e. The Morgan fingerprint density at radius 2 is 0.870 bits per heavy atom. The lowest BCUT2D eigenvalue weighted by molar-refractivity contribution is 0.660. The minimum Gasteiger partial charge on any atom is -0.309 e. The van der Waals surface area contributed by atoms with E-state index in [1.165, 1.54) is 93.1 Å². The van der Waals surface area contributed by atoms with E-state index < -0.39 is 0 Å². The van der Waals surface area contributed by atoms with Crippen molar-refractivity contribution in [1.82, 2.24) is 19.1 Å². The van der Waals surface area contributed by atoms with Crippen molar-refractivity contribution in [3.63, 3.8) is 0 Å². The lowest BCUT2D eigenvalue weighted by Gasteiger charge is -2.21. The summed E-state index contributed by atoms with van der Waals surface area (Å²) < 4.78 is 4.93. The molecule has 3 heterocycles. The maximum Gasteiger partial charge on any atom is 0.0979 e. The van der Waals surface area contributed by atoms with Gasteiger partial charge in [-0.3, -0.25) is 0 Å². The third-order valence-electron chi connectivity index (χ3n) is 15.2. The Kier molecular flexibility index (Phi) is 7.81. The number of nitrogens with zero attached hydrogens (tertiary/aromatic N) is 4. The van der Waals surface area contributed by atoms with E-state index >= 15 is 0 Å². The van der Waals surface area contributed by atoms with Crippen LogP contribution in [0.5, 0.6) is 0 Å². The number of para-hydroxylation sites is 4. The van der Waals surface area contributed by atoms with Gasteiger partial charge in [0, 0.05) is 49.2 Å². The minimum atomic E-state index is -0.136. The zero-order chi connectivity index (χ0) is 45.5. The Morgan fingerprint density at radius 3 is 1.65 bits per heavy atom. The van der Waals surface area contributed by atoms with Crippen molar-refractivity contribution in [1.29, 1.82) is 0 Å². The van der Waals surface area contributed by atoms with E-state index in [-0.39, 0.29) is 5.41 Å². The highest BCUT2D eigenvalue weighted by Gasteiger charge is 2.37. The molecule has 14 aromatic rings. The molecule has 1 aliphatic carbocycles. The predicted octanol–water partition coefficient (Wildman–Crippen LogP) is 16.9. The van der Waals surface area contributed by atoms with Crippen molar-refractivity contribution < 1.29 is 0 Å². The fourth-order valence-electron chi connectivity index (χ4n) is 12.1. The van der Waals surface area contributed by atoms with Crippen molar-refractivity contribution in [2.45, 2.75) is 19.3 Å². The Labute approximate surface area is 398 Å². The minimum absolute atomic E-state index is 0.136. The average Bonchev–Trinajstić information content (AvgIpc) is 3.98. The monoisotopic (exact) mass is 878 g/mol. The van der Waals surface area contributed by atoms with E-state index in [0.717, 1.165) is 50.0 Å². The molecule has 0 amide bonds. The maximum atomic E-state index is 5.49. The molecule has 3 aromatic heterocycles. The summed E-state index contributed by atoms with van der Waals surface area (Å²) in [6, 6.07) is 80.1. The molecule has 15 rings (SSSR count). The molecule has 0 fully saturated rings. The molecule has 0 unspecified atom stereocenters. The first kappa shape index (κ1) is 38.3. The van der Waals surface area contributed by atoms with E-state index in [9.17, 15) is 0 Å². The van der Waals surface area contributed by atoms with Crippen LogP contribution in [0.15, 0.2) is 218 Å². The summed E-state index contributed by atoms with van der Waals surface area (Å²) in [6.07, 6.45) is 0. The van der Waals surface area contributed by atoms with E-state index in [1.807, 2.05) is 0 Å². The number of rotatable bonds is 4. The molecule has 69 heavy (non-hydrogen) atoms. The van der Waals surface area contributed by atoms with Gasteiger partial charge in [-0.2, -0.15) is 0 Å². The second kappa shape index (κ2) is 14.1. The van der Waals surface area contributed by atoms with E-state index in [0.29, 0.717) is 0 Å². The second-order valence-electron chi connectivity index (χ2n) is 19.3. The lowest BCUT2D eigenvalue weighted by Crippen LogP contribution is -2.14. The molecule has 1 aliphatic rings. The molecule has 11 aromatic carbocycles. The molecule has 0 atom stereocenters. The van der Waals surface area contributed by atoms with Gasteiger partial charge in [-0.1, -0.05) is 166 Å². The fraction of sp³-hybridized carbons (Fsp3) is 0.0462. The van der Waals surface area contributed by atoms with Crippen molar-refractivity contribution in [2.24, 2.45) is 0 Å². The van der Waals surface area contributed by atoms with Crippen LogP contribution in [0.4, 0.5) is 0 Å². The normalized spacial score (nSPS) is 13.2. The zero-order valence-electron chi connectivity index (χ0n) is 38.1. The standard InChI is InChI=1S/C65H42N4/c1-65(2)53-25-8-5-22-48(53)62-49(24-15-26-54(62)65)64-63(66-55-27-9-10-28-56(55)67-64)47-23-13-18-41-34-43(32-33-44(41)47)68-57-29-11-6-20-45(57)52-36-42-19-14-31-59(50(42)38-61(52)68)69-58-30-12-7-21-46(58)51-35-39-16-3-4-17-40(39)37-60(51)69/h3-38H,1-2H3. The van der Waals surface area contributed by atoms with Gasteiger partial charge in [0.15, 0.2) is 0 Å². The van der Waals surface area contributed by atoms with Gasteiger partial charge in [0.1, 0.15) is 0 Å². The van der Waals surface area contributed by atoms with Gasteiger partial charge in [0.2, 0.25) is 0 Å². The van der Waals surface area contributed by atoms with E-state index in [2.05, 4.69) is 241 Å². The second-order valence-corrected chi connectivity index (χ2v) is 19.3.